The molecule has 0 unspecified atom stereocenters. The van der Waals surface area contributed by atoms with Crippen LogP contribution in [0.4, 0.5) is 0 Å². The molecule has 0 fully saturated rings. The second-order valence-electron chi connectivity index (χ2n) is 4.60. The van der Waals surface area contributed by atoms with Crippen molar-refractivity contribution in [2.24, 2.45) is 0 Å². The second kappa shape index (κ2) is 7.13. The number of methoxy groups -OCH3 is 1. The maximum absolute atomic E-state index is 11.4. The number of hydrogen-bond acceptors (Lipinski definition) is 4. The lowest BCUT2D eigenvalue weighted by Gasteiger charge is -2.09. The summed E-state index contributed by atoms with van der Waals surface area (Å²) in [7, 11) is 1.35. The Morgan fingerprint density at radius 2 is 1.73 bits per heavy atom. The van der Waals surface area contributed by atoms with E-state index in [9.17, 15) is 9.59 Å². The van der Waals surface area contributed by atoms with Gasteiger partial charge < -0.3 is 9.84 Å². The van der Waals surface area contributed by atoms with Gasteiger partial charge in [-0.2, -0.15) is 0 Å². The summed E-state index contributed by atoms with van der Waals surface area (Å²) in [4.78, 5) is 24.4. The third kappa shape index (κ3) is 3.68. The minimum Gasteiger partial charge on any atom is -0.478 e. The van der Waals surface area contributed by atoms with E-state index in [2.05, 4.69) is 4.74 Å². The zero-order valence-corrected chi connectivity index (χ0v) is 13.1. The van der Waals surface area contributed by atoms with Crippen molar-refractivity contribution in [3.63, 3.8) is 0 Å². The lowest BCUT2D eigenvalue weighted by molar-refractivity contribution is 0.0599. The Bertz CT molecular complexity index is 692. The fraction of sp³-hybridized carbons (Fsp3) is 0.176. The largest absolute Gasteiger partial charge is 0.478 e. The van der Waals surface area contributed by atoms with Crippen molar-refractivity contribution in [1.82, 2.24) is 0 Å². The van der Waals surface area contributed by atoms with E-state index in [1.54, 1.807) is 36.0 Å². The molecule has 0 aliphatic carbocycles. The van der Waals surface area contributed by atoms with Gasteiger partial charge in [-0.15, -0.1) is 0 Å². The van der Waals surface area contributed by atoms with Crippen LogP contribution in [0.5, 0.6) is 0 Å². The molecule has 2 rings (SSSR count). The lowest BCUT2D eigenvalue weighted by atomic mass is 10.1. The average molecular weight is 316 g/mol. The Balaban J connectivity index is 2.23. The van der Waals surface area contributed by atoms with Crippen molar-refractivity contribution in [2.45, 2.75) is 23.1 Å². The molecule has 0 amide bonds. The van der Waals surface area contributed by atoms with Gasteiger partial charge in [0.2, 0.25) is 0 Å². The predicted molar refractivity (Wildman–Crippen MR) is 84.7 cm³/mol. The van der Waals surface area contributed by atoms with Crippen LogP contribution in [-0.4, -0.2) is 24.2 Å². The van der Waals surface area contributed by atoms with Crippen molar-refractivity contribution in [3.8, 4) is 0 Å². The highest BCUT2D eigenvalue weighted by molar-refractivity contribution is 7.99. The van der Waals surface area contributed by atoms with Gasteiger partial charge in [0.25, 0.3) is 0 Å². The molecule has 0 heterocycles. The summed E-state index contributed by atoms with van der Waals surface area (Å²) in [6, 6.07) is 12.3. The van der Waals surface area contributed by atoms with E-state index in [1.807, 2.05) is 25.1 Å². The van der Waals surface area contributed by atoms with Crippen molar-refractivity contribution < 1.29 is 19.4 Å². The monoisotopic (exact) mass is 316 g/mol. The molecule has 22 heavy (non-hydrogen) atoms. The number of carboxylic acid groups (broad SMARTS) is 1. The molecular formula is C17H16O4S. The number of hydrogen-bond donors (Lipinski definition) is 1. The van der Waals surface area contributed by atoms with Crippen LogP contribution in [0.3, 0.4) is 0 Å². The van der Waals surface area contributed by atoms with Gasteiger partial charge in [0, 0.05) is 9.79 Å². The molecule has 0 aliphatic heterocycles. The number of aryl methyl sites for hydroxylation is 1. The number of carbonyl (C=O) groups excluding carboxylic acids is 1. The van der Waals surface area contributed by atoms with E-state index in [0.29, 0.717) is 11.1 Å². The van der Waals surface area contributed by atoms with Crippen molar-refractivity contribution in [1.29, 1.82) is 0 Å². The maximum atomic E-state index is 11.4. The Kier molecular flexibility index (Phi) is 5.22. The van der Waals surface area contributed by atoms with Gasteiger partial charge in [0.05, 0.1) is 18.2 Å². The number of carboxylic acids is 1. The average Bonchev–Trinajstić information content (AvgIpc) is 2.55. The Morgan fingerprint density at radius 3 is 2.27 bits per heavy atom. The molecule has 4 nitrogen and oxygen atoms in total. The van der Waals surface area contributed by atoms with Gasteiger partial charge in [0.15, 0.2) is 0 Å². The van der Waals surface area contributed by atoms with Crippen molar-refractivity contribution >= 4 is 23.7 Å². The van der Waals surface area contributed by atoms with Crippen LogP contribution < -0.4 is 0 Å². The first-order valence-electron chi connectivity index (χ1n) is 6.77. The molecule has 0 radical (unpaired) electrons. The molecule has 2 aromatic carbocycles. The minimum atomic E-state index is -0.923. The molecule has 2 aromatic rings. The summed E-state index contributed by atoms with van der Waals surface area (Å²) in [5, 5.41) is 9.04. The van der Waals surface area contributed by atoms with E-state index >= 15 is 0 Å². The summed E-state index contributed by atoms with van der Waals surface area (Å²) in [5.74, 6) is -1.29. The smallest absolute Gasteiger partial charge is 0.337 e. The lowest BCUT2D eigenvalue weighted by Crippen LogP contribution is -2.00. The summed E-state index contributed by atoms with van der Waals surface area (Å²) in [5.41, 5.74) is 1.79. The third-order valence-corrected chi connectivity index (χ3v) is 4.32. The Labute approximate surface area is 133 Å². The van der Waals surface area contributed by atoms with Crippen LogP contribution >= 0.6 is 11.8 Å². The summed E-state index contributed by atoms with van der Waals surface area (Å²) >= 11 is 1.54. The van der Waals surface area contributed by atoms with Crippen LogP contribution in [0.1, 0.15) is 33.2 Å². The number of esters is 1. The first-order valence-corrected chi connectivity index (χ1v) is 7.59. The molecular weight excluding hydrogens is 300 g/mol. The van der Waals surface area contributed by atoms with E-state index < -0.39 is 5.97 Å². The number of rotatable bonds is 5. The third-order valence-electron chi connectivity index (χ3n) is 3.19. The quantitative estimate of drug-likeness (QED) is 0.848. The molecule has 0 saturated heterocycles. The van der Waals surface area contributed by atoms with Crippen LogP contribution in [0.25, 0.3) is 0 Å². The first-order chi connectivity index (χ1) is 10.5. The SMILES string of the molecule is CCc1cc(C(=O)O)ccc1Sc1ccc(C(=O)OC)cc1. The molecule has 0 aromatic heterocycles. The van der Waals surface area contributed by atoms with Crippen LogP contribution in [0.2, 0.25) is 0 Å². The zero-order valence-electron chi connectivity index (χ0n) is 12.3. The number of aromatic carboxylic acids is 1. The standard InChI is InChI=1S/C17H16O4S/c1-3-11-10-13(16(18)19)6-9-15(11)22-14-7-4-12(5-8-14)17(20)21-2/h4-10H,3H2,1-2H3,(H,18,19). The highest BCUT2D eigenvalue weighted by Crippen LogP contribution is 2.31. The highest BCUT2D eigenvalue weighted by Gasteiger charge is 2.10. The fourth-order valence-electron chi connectivity index (χ4n) is 1.99. The molecule has 5 heteroatoms. The Hall–Kier alpha value is -2.27. The minimum absolute atomic E-state index is 0.294. The van der Waals surface area contributed by atoms with Gasteiger partial charge in [-0.05, 0) is 54.4 Å². The maximum Gasteiger partial charge on any atom is 0.337 e. The molecule has 0 atom stereocenters. The summed E-state index contributed by atoms with van der Waals surface area (Å²) in [6.45, 7) is 1.99. The first kappa shape index (κ1) is 16.1. The summed E-state index contributed by atoms with van der Waals surface area (Å²) in [6.07, 6.45) is 0.754. The van der Waals surface area contributed by atoms with Crippen molar-refractivity contribution in [2.75, 3.05) is 7.11 Å². The number of carbonyl (C=O) groups is 2. The van der Waals surface area contributed by atoms with Crippen LogP contribution in [-0.2, 0) is 11.2 Å². The number of benzene rings is 2. The molecule has 0 aliphatic rings. The van der Waals surface area contributed by atoms with Gasteiger partial charge in [-0.1, -0.05) is 18.7 Å². The molecule has 114 valence electrons. The number of ether oxygens (including phenoxy) is 1. The van der Waals surface area contributed by atoms with Gasteiger partial charge in [0.1, 0.15) is 0 Å². The van der Waals surface area contributed by atoms with Crippen LogP contribution in [0.15, 0.2) is 52.3 Å². The van der Waals surface area contributed by atoms with E-state index in [1.165, 1.54) is 7.11 Å². The van der Waals surface area contributed by atoms with Gasteiger partial charge in [-0.3, -0.25) is 0 Å². The normalized spacial score (nSPS) is 10.3. The van der Waals surface area contributed by atoms with E-state index in [-0.39, 0.29) is 5.97 Å². The highest BCUT2D eigenvalue weighted by atomic mass is 32.2. The zero-order chi connectivity index (χ0) is 16.1. The fourth-order valence-corrected chi connectivity index (χ4v) is 2.99. The topological polar surface area (TPSA) is 63.6 Å². The van der Waals surface area contributed by atoms with Gasteiger partial charge in [-0.25, -0.2) is 9.59 Å². The van der Waals surface area contributed by atoms with E-state index in [0.717, 1.165) is 21.8 Å². The Morgan fingerprint density at radius 1 is 1.09 bits per heavy atom. The van der Waals surface area contributed by atoms with Crippen LogP contribution in [0, 0.1) is 0 Å². The predicted octanol–water partition coefficient (Wildman–Crippen LogP) is 3.89. The molecule has 0 saturated carbocycles. The summed E-state index contributed by atoms with van der Waals surface area (Å²) < 4.78 is 4.67. The van der Waals surface area contributed by atoms with E-state index in [4.69, 9.17) is 5.11 Å². The van der Waals surface area contributed by atoms with Crippen molar-refractivity contribution in [3.05, 3.63) is 59.2 Å². The second-order valence-corrected chi connectivity index (χ2v) is 5.71. The van der Waals surface area contributed by atoms with Gasteiger partial charge >= 0.3 is 11.9 Å². The molecule has 0 spiro atoms. The molecule has 0 bridgehead atoms. The molecule has 1 N–H and O–H groups in total.